The van der Waals surface area contributed by atoms with Crippen LogP contribution in [0.15, 0.2) is 24.3 Å². The number of ether oxygens (including phenoxy) is 1. The first kappa shape index (κ1) is 13.7. The van der Waals surface area contributed by atoms with Crippen molar-refractivity contribution < 1.29 is 9.53 Å². The maximum atomic E-state index is 11.1. The Morgan fingerprint density at radius 1 is 1.50 bits per heavy atom. The number of carbonyl (C=O) groups is 1. The van der Waals surface area contributed by atoms with Crippen LogP contribution in [-0.2, 0) is 9.53 Å². The van der Waals surface area contributed by atoms with Crippen LogP contribution in [0, 0.1) is 3.57 Å². The first-order valence-electron chi connectivity index (χ1n) is 3.74. The summed E-state index contributed by atoms with van der Waals surface area (Å²) in [5.74, 6) is -0.413. The number of carbonyl (C=O) groups excluding carboxylic acids is 1. The fourth-order valence-electron chi connectivity index (χ4n) is 0.981. The summed E-state index contributed by atoms with van der Waals surface area (Å²) in [6.45, 7) is 0. The van der Waals surface area contributed by atoms with Gasteiger partial charge in [0.15, 0.2) is 0 Å². The monoisotopic (exact) mass is 327 g/mol. The Morgan fingerprint density at radius 2 is 2.07 bits per heavy atom. The van der Waals surface area contributed by atoms with Crippen molar-refractivity contribution in [3.8, 4) is 0 Å². The SMILES string of the molecule is COC(=O)[C@@H](N)c1ccccc1I.Cl. The highest BCUT2D eigenvalue weighted by Crippen LogP contribution is 2.18. The molecule has 0 aromatic heterocycles. The lowest BCUT2D eigenvalue weighted by atomic mass is 10.1. The largest absolute Gasteiger partial charge is 0.468 e. The van der Waals surface area contributed by atoms with Gasteiger partial charge < -0.3 is 10.5 Å². The Labute approximate surface area is 103 Å². The topological polar surface area (TPSA) is 52.3 Å². The van der Waals surface area contributed by atoms with Crippen LogP contribution in [0.1, 0.15) is 11.6 Å². The van der Waals surface area contributed by atoms with Crippen molar-refractivity contribution in [2.75, 3.05) is 7.11 Å². The molecule has 1 aromatic rings. The van der Waals surface area contributed by atoms with Crippen LogP contribution in [0.2, 0.25) is 0 Å². The van der Waals surface area contributed by atoms with Crippen molar-refractivity contribution in [2.45, 2.75) is 6.04 Å². The Bertz CT molecular complexity index is 319. The Kier molecular flexibility index (Phi) is 6.06. The summed E-state index contributed by atoms with van der Waals surface area (Å²) in [6, 6.07) is 6.79. The molecule has 0 saturated heterocycles. The van der Waals surface area contributed by atoms with E-state index in [0.29, 0.717) is 0 Å². The molecular weight excluding hydrogens is 316 g/mol. The second-order valence-electron chi connectivity index (χ2n) is 2.52. The van der Waals surface area contributed by atoms with Crippen LogP contribution in [0.3, 0.4) is 0 Å². The van der Waals surface area contributed by atoms with Gasteiger partial charge in [-0.15, -0.1) is 12.4 Å². The minimum Gasteiger partial charge on any atom is -0.468 e. The van der Waals surface area contributed by atoms with Gasteiger partial charge in [-0.1, -0.05) is 18.2 Å². The number of halogens is 2. The lowest BCUT2D eigenvalue weighted by Crippen LogP contribution is -2.23. The molecule has 0 spiro atoms. The van der Waals surface area contributed by atoms with Crippen LogP contribution >= 0.6 is 35.0 Å². The summed E-state index contributed by atoms with van der Waals surface area (Å²) >= 11 is 2.14. The number of esters is 1. The van der Waals surface area contributed by atoms with Gasteiger partial charge in [0.2, 0.25) is 0 Å². The minimum absolute atomic E-state index is 0. The van der Waals surface area contributed by atoms with E-state index in [-0.39, 0.29) is 12.4 Å². The lowest BCUT2D eigenvalue weighted by Gasteiger charge is -2.10. The highest BCUT2D eigenvalue weighted by molar-refractivity contribution is 14.1. The average molecular weight is 328 g/mol. The molecule has 14 heavy (non-hydrogen) atoms. The van der Waals surface area contributed by atoms with Crippen molar-refractivity contribution in [3.63, 3.8) is 0 Å². The van der Waals surface area contributed by atoms with E-state index in [2.05, 4.69) is 27.3 Å². The molecule has 1 atom stereocenters. The van der Waals surface area contributed by atoms with Crippen molar-refractivity contribution in [3.05, 3.63) is 33.4 Å². The molecule has 1 aromatic carbocycles. The van der Waals surface area contributed by atoms with E-state index < -0.39 is 12.0 Å². The molecule has 1 rings (SSSR count). The fraction of sp³-hybridized carbons (Fsp3) is 0.222. The number of benzene rings is 1. The summed E-state index contributed by atoms with van der Waals surface area (Å²) in [4.78, 5) is 11.1. The van der Waals surface area contributed by atoms with Crippen LogP contribution in [0.25, 0.3) is 0 Å². The van der Waals surface area contributed by atoms with E-state index in [1.807, 2.05) is 24.3 Å². The van der Waals surface area contributed by atoms with Crippen molar-refractivity contribution in [2.24, 2.45) is 5.73 Å². The molecule has 0 unspecified atom stereocenters. The summed E-state index contributed by atoms with van der Waals surface area (Å²) in [6.07, 6.45) is 0. The van der Waals surface area contributed by atoms with Gasteiger partial charge in [-0.25, -0.2) is 0 Å². The Balaban J connectivity index is 0.00000169. The van der Waals surface area contributed by atoms with Crippen LogP contribution in [0.5, 0.6) is 0 Å². The highest BCUT2D eigenvalue weighted by atomic mass is 127. The number of methoxy groups -OCH3 is 1. The van der Waals surface area contributed by atoms with Crippen LogP contribution in [-0.4, -0.2) is 13.1 Å². The molecule has 0 radical (unpaired) electrons. The highest BCUT2D eigenvalue weighted by Gasteiger charge is 2.17. The van der Waals surface area contributed by atoms with E-state index in [9.17, 15) is 4.79 Å². The second kappa shape index (κ2) is 6.21. The molecule has 0 aliphatic rings. The van der Waals surface area contributed by atoms with Gasteiger partial charge in [-0.2, -0.15) is 0 Å². The van der Waals surface area contributed by atoms with Gasteiger partial charge in [0, 0.05) is 3.57 Å². The molecule has 0 bridgehead atoms. The number of hydrogen-bond acceptors (Lipinski definition) is 3. The molecular formula is C9H11ClINO2. The quantitative estimate of drug-likeness (QED) is 0.666. The zero-order chi connectivity index (χ0) is 9.84. The molecule has 5 heteroatoms. The fourth-order valence-corrected chi connectivity index (χ4v) is 1.70. The van der Waals surface area contributed by atoms with Crippen molar-refractivity contribution >= 4 is 41.0 Å². The van der Waals surface area contributed by atoms with E-state index in [4.69, 9.17) is 5.73 Å². The molecule has 2 N–H and O–H groups in total. The van der Waals surface area contributed by atoms with Gasteiger partial charge in [-0.3, -0.25) is 4.79 Å². The first-order valence-corrected chi connectivity index (χ1v) is 4.82. The smallest absolute Gasteiger partial charge is 0.327 e. The third kappa shape index (κ3) is 3.11. The van der Waals surface area contributed by atoms with Crippen LogP contribution in [0.4, 0.5) is 0 Å². The second-order valence-corrected chi connectivity index (χ2v) is 3.68. The standard InChI is InChI=1S/C9H10INO2.ClH/c1-13-9(12)8(11)6-4-2-3-5-7(6)10;/h2-5,8H,11H2,1H3;1H/t8-;/m0./s1. The normalized spacial score (nSPS) is 11.4. The molecule has 0 saturated carbocycles. The number of hydrogen-bond donors (Lipinski definition) is 1. The number of nitrogens with two attached hydrogens (primary N) is 1. The van der Waals surface area contributed by atoms with Gasteiger partial charge in [0.1, 0.15) is 6.04 Å². The van der Waals surface area contributed by atoms with Gasteiger partial charge >= 0.3 is 5.97 Å². The maximum Gasteiger partial charge on any atom is 0.327 e. The lowest BCUT2D eigenvalue weighted by molar-refractivity contribution is -0.142. The molecule has 0 heterocycles. The Hall–Kier alpha value is -0.330. The minimum atomic E-state index is -0.682. The molecule has 0 amide bonds. The van der Waals surface area contributed by atoms with Crippen molar-refractivity contribution in [1.29, 1.82) is 0 Å². The first-order chi connectivity index (χ1) is 6.16. The van der Waals surface area contributed by atoms with Gasteiger partial charge in [0.05, 0.1) is 7.11 Å². The van der Waals surface area contributed by atoms with Gasteiger partial charge in [0.25, 0.3) is 0 Å². The zero-order valence-corrected chi connectivity index (χ0v) is 10.5. The Morgan fingerprint density at radius 3 is 2.57 bits per heavy atom. The van der Waals surface area contributed by atoms with Gasteiger partial charge in [-0.05, 0) is 34.2 Å². The number of rotatable bonds is 2. The maximum absolute atomic E-state index is 11.1. The summed E-state index contributed by atoms with van der Waals surface area (Å²) < 4.78 is 5.52. The molecule has 3 nitrogen and oxygen atoms in total. The third-order valence-corrected chi connectivity index (χ3v) is 2.68. The average Bonchev–Trinajstić information content (AvgIpc) is 2.16. The van der Waals surface area contributed by atoms with Crippen LogP contribution < -0.4 is 5.73 Å². The molecule has 0 fully saturated rings. The summed E-state index contributed by atoms with van der Waals surface area (Å²) in [5.41, 5.74) is 6.47. The molecule has 0 aliphatic carbocycles. The van der Waals surface area contributed by atoms with E-state index >= 15 is 0 Å². The molecule has 78 valence electrons. The van der Waals surface area contributed by atoms with E-state index in [0.717, 1.165) is 9.13 Å². The summed E-state index contributed by atoms with van der Waals surface area (Å²) in [5, 5.41) is 0. The predicted molar refractivity (Wildman–Crippen MR) is 65.4 cm³/mol. The third-order valence-electron chi connectivity index (χ3n) is 1.70. The van der Waals surface area contributed by atoms with E-state index in [1.54, 1.807) is 0 Å². The summed E-state index contributed by atoms with van der Waals surface area (Å²) in [7, 11) is 1.33. The molecule has 0 aliphatic heterocycles. The van der Waals surface area contributed by atoms with E-state index in [1.165, 1.54) is 7.11 Å². The zero-order valence-electron chi connectivity index (χ0n) is 7.57. The predicted octanol–water partition coefficient (Wildman–Crippen LogP) is 1.89. The van der Waals surface area contributed by atoms with Crippen molar-refractivity contribution in [1.82, 2.24) is 0 Å².